The molecular weight excluding hydrogens is 326 g/mol. The molecule has 0 saturated heterocycles. The molecule has 1 heterocycles. The summed E-state index contributed by atoms with van der Waals surface area (Å²) < 4.78 is 0. The number of carbonyl (C=O) groups excluding carboxylic acids is 2. The average molecular weight is 344 g/mol. The van der Waals surface area contributed by atoms with Gasteiger partial charge >= 0.3 is 0 Å². The average Bonchev–Trinajstić information content (AvgIpc) is 2.54. The number of nitrogens with zero attached hydrogens (tertiary/aromatic N) is 2. The third-order valence-corrected chi connectivity index (χ3v) is 4.61. The monoisotopic (exact) mass is 343 g/mol. The van der Waals surface area contributed by atoms with Crippen LogP contribution in [0, 0.1) is 5.92 Å². The Bertz CT molecular complexity index is 760. The third-order valence-electron chi connectivity index (χ3n) is 4.29. The van der Waals surface area contributed by atoms with Crippen LogP contribution in [-0.4, -0.2) is 23.8 Å². The molecule has 0 bridgehead atoms. The van der Waals surface area contributed by atoms with E-state index in [0.29, 0.717) is 22.0 Å². The molecule has 0 aliphatic heterocycles. The Labute approximate surface area is 145 Å². The van der Waals surface area contributed by atoms with Crippen molar-refractivity contribution < 1.29 is 9.59 Å². The van der Waals surface area contributed by atoms with E-state index in [9.17, 15) is 9.59 Å². The molecular formula is C18H18ClN3O2. The van der Waals surface area contributed by atoms with Gasteiger partial charge in [-0.1, -0.05) is 18.0 Å². The number of rotatable bonds is 4. The van der Waals surface area contributed by atoms with Crippen LogP contribution in [0.25, 0.3) is 0 Å². The van der Waals surface area contributed by atoms with Crippen molar-refractivity contribution in [3.05, 3.63) is 53.3 Å². The number of hydrogen-bond acceptors (Lipinski definition) is 3. The van der Waals surface area contributed by atoms with Crippen LogP contribution in [0.3, 0.4) is 0 Å². The molecule has 1 aliphatic carbocycles. The van der Waals surface area contributed by atoms with Crippen molar-refractivity contribution in [2.45, 2.75) is 19.3 Å². The molecule has 0 radical (unpaired) electrons. The second-order valence-corrected chi connectivity index (χ2v) is 6.29. The predicted molar refractivity (Wildman–Crippen MR) is 94.4 cm³/mol. The van der Waals surface area contributed by atoms with Crippen LogP contribution < -0.4 is 10.2 Å². The number of benzene rings is 1. The number of carbonyl (C=O) groups is 2. The fourth-order valence-electron chi connectivity index (χ4n) is 2.52. The number of nitrogens with one attached hydrogen (secondary N) is 1. The van der Waals surface area contributed by atoms with Crippen molar-refractivity contribution in [1.29, 1.82) is 0 Å². The van der Waals surface area contributed by atoms with Gasteiger partial charge in [0.05, 0.1) is 22.6 Å². The van der Waals surface area contributed by atoms with E-state index < -0.39 is 0 Å². The van der Waals surface area contributed by atoms with Crippen LogP contribution in [-0.2, 0) is 4.79 Å². The zero-order chi connectivity index (χ0) is 17.1. The van der Waals surface area contributed by atoms with E-state index in [2.05, 4.69) is 10.3 Å². The minimum atomic E-state index is -0.196. The lowest BCUT2D eigenvalue weighted by Gasteiger charge is -2.24. The predicted octanol–water partition coefficient (Wildman–Crippen LogP) is 3.75. The van der Waals surface area contributed by atoms with E-state index in [1.165, 1.54) is 4.90 Å². The molecule has 1 aromatic heterocycles. The van der Waals surface area contributed by atoms with E-state index >= 15 is 0 Å². The van der Waals surface area contributed by atoms with Gasteiger partial charge in [0.15, 0.2) is 0 Å². The Morgan fingerprint density at radius 3 is 2.71 bits per heavy atom. The fourth-order valence-corrected chi connectivity index (χ4v) is 2.69. The summed E-state index contributed by atoms with van der Waals surface area (Å²) in [4.78, 5) is 30.3. The van der Waals surface area contributed by atoms with Gasteiger partial charge in [0.1, 0.15) is 0 Å². The molecule has 0 unspecified atom stereocenters. The molecule has 124 valence electrons. The summed E-state index contributed by atoms with van der Waals surface area (Å²) in [7, 11) is 1.68. The lowest BCUT2D eigenvalue weighted by molar-refractivity contribution is -0.122. The maximum atomic E-state index is 12.6. The lowest BCUT2D eigenvalue weighted by Crippen LogP contribution is -2.29. The van der Waals surface area contributed by atoms with Crippen molar-refractivity contribution in [3.63, 3.8) is 0 Å². The first-order chi connectivity index (χ1) is 11.6. The van der Waals surface area contributed by atoms with Crippen molar-refractivity contribution in [3.8, 4) is 0 Å². The zero-order valence-corrected chi connectivity index (χ0v) is 14.1. The second kappa shape index (κ2) is 7.01. The first-order valence-electron chi connectivity index (χ1n) is 7.85. The first kappa shape index (κ1) is 16.5. The number of pyridine rings is 1. The van der Waals surface area contributed by atoms with Gasteiger partial charge in [-0.3, -0.25) is 14.6 Å². The SMILES string of the molecule is CN(C(=O)c1ccc(Cl)c(NC(=O)C2CCC2)c1)c1cccnc1. The Morgan fingerprint density at radius 2 is 2.08 bits per heavy atom. The van der Waals surface area contributed by atoms with Crippen LogP contribution in [0.2, 0.25) is 5.02 Å². The first-order valence-corrected chi connectivity index (χ1v) is 8.22. The molecule has 1 saturated carbocycles. The molecule has 6 heteroatoms. The van der Waals surface area contributed by atoms with Gasteiger partial charge in [-0.2, -0.15) is 0 Å². The van der Waals surface area contributed by atoms with Gasteiger partial charge < -0.3 is 10.2 Å². The van der Waals surface area contributed by atoms with E-state index in [0.717, 1.165) is 19.3 Å². The largest absolute Gasteiger partial charge is 0.325 e. The van der Waals surface area contributed by atoms with Crippen LogP contribution in [0.5, 0.6) is 0 Å². The maximum absolute atomic E-state index is 12.6. The highest BCUT2D eigenvalue weighted by Crippen LogP contribution is 2.30. The van der Waals surface area contributed by atoms with Crippen molar-refractivity contribution in [2.24, 2.45) is 5.92 Å². The summed E-state index contributed by atoms with van der Waals surface area (Å²) in [5, 5.41) is 3.25. The van der Waals surface area contributed by atoms with Crippen LogP contribution in [0.1, 0.15) is 29.6 Å². The van der Waals surface area contributed by atoms with Gasteiger partial charge in [0.2, 0.25) is 5.91 Å². The molecule has 0 atom stereocenters. The summed E-state index contributed by atoms with van der Waals surface area (Å²) in [5.74, 6) is -0.175. The summed E-state index contributed by atoms with van der Waals surface area (Å²) in [6.45, 7) is 0. The normalized spacial score (nSPS) is 13.9. The third kappa shape index (κ3) is 3.41. The molecule has 5 nitrogen and oxygen atoms in total. The summed E-state index contributed by atoms with van der Waals surface area (Å²) in [5.41, 5.74) is 1.62. The van der Waals surface area contributed by atoms with Gasteiger partial charge in [0.25, 0.3) is 5.91 Å². The molecule has 24 heavy (non-hydrogen) atoms. The quantitative estimate of drug-likeness (QED) is 0.919. The molecule has 1 aliphatic rings. The zero-order valence-electron chi connectivity index (χ0n) is 13.3. The maximum Gasteiger partial charge on any atom is 0.258 e. The summed E-state index contributed by atoms with van der Waals surface area (Å²) >= 11 is 6.16. The van der Waals surface area contributed by atoms with E-state index in [4.69, 9.17) is 11.6 Å². The van der Waals surface area contributed by atoms with Gasteiger partial charge in [-0.15, -0.1) is 0 Å². The number of amides is 2. The molecule has 1 fully saturated rings. The van der Waals surface area contributed by atoms with E-state index in [1.807, 2.05) is 0 Å². The lowest BCUT2D eigenvalue weighted by atomic mass is 9.85. The van der Waals surface area contributed by atoms with Crippen LogP contribution in [0.15, 0.2) is 42.7 Å². The minimum absolute atomic E-state index is 0.0339. The Morgan fingerprint density at radius 1 is 1.29 bits per heavy atom. The minimum Gasteiger partial charge on any atom is -0.325 e. The Kier molecular flexibility index (Phi) is 4.81. The molecule has 3 rings (SSSR count). The van der Waals surface area contributed by atoms with Gasteiger partial charge in [-0.05, 0) is 43.2 Å². The van der Waals surface area contributed by atoms with Gasteiger partial charge in [0, 0.05) is 24.7 Å². The summed E-state index contributed by atoms with van der Waals surface area (Å²) in [6, 6.07) is 8.47. The van der Waals surface area contributed by atoms with Crippen molar-refractivity contribution in [1.82, 2.24) is 4.98 Å². The second-order valence-electron chi connectivity index (χ2n) is 5.89. The van der Waals surface area contributed by atoms with Crippen molar-refractivity contribution >= 4 is 34.8 Å². The number of hydrogen-bond donors (Lipinski definition) is 1. The molecule has 1 N–H and O–H groups in total. The van der Waals surface area contributed by atoms with Crippen LogP contribution >= 0.6 is 11.6 Å². The highest BCUT2D eigenvalue weighted by atomic mass is 35.5. The fraction of sp³-hybridized carbons (Fsp3) is 0.278. The highest BCUT2D eigenvalue weighted by Gasteiger charge is 2.26. The smallest absolute Gasteiger partial charge is 0.258 e. The van der Waals surface area contributed by atoms with Crippen LogP contribution in [0.4, 0.5) is 11.4 Å². The Hall–Kier alpha value is -2.40. The number of aromatic nitrogens is 1. The number of halogens is 1. The highest BCUT2D eigenvalue weighted by molar-refractivity contribution is 6.34. The molecule has 2 amide bonds. The standard InChI is InChI=1S/C18H18ClN3O2/c1-22(14-6-3-9-20-11-14)18(24)13-7-8-15(19)16(10-13)21-17(23)12-4-2-5-12/h3,6-12H,2,4-5H2,1H3,(H,21,23). The van der Waals surface area contributed by atoms with Gasteiger partial charge in [-0.25, -0.2) is 0 Å². The van der Waals surface area contributed by atoms with Crippen molar-refractivity contribution in [2.75, 3.05) is 17.3 Å². The van der Waals surface area contributed by atoms with E-state index in [-0.39, 0.29) is 17.7 Å². The molecule has 2 aromatic rings. The topological polar surface area (TPSA) is 62.3 Å². The summed E-state index contributed by atoms with van der Waals surface area (Å²) in [6.07, 6.45) is 6.17. The molecule has 0 spiro atoms. The Balaban J connectivity index is 1.79. The number of anilines is 2. The van der Waals surface area contributed by atoms with E-state index in [1.54, 1.807) is 49.8 Å². The molecule has 1 aromatic carbocycles.